The number of hydrogen-bond acceptors (Lipinski definition) is 2. The molecular formula is C16H24ClN3O. The number of carbonyl (C=O) groups excluding carboxylic acids is 1. The molecule has 1 saturated heterocycles. The van der Waals surface area contributed by atoms with E-state index >= 15 is 0 Å². The van der Waals surface area contributed by atoms with E-state index in [1.54, 1.807) is 0 Å². The van der Waals surface area contributed by atoms with Crippen molar-refractivity contribution in [1.82, 2.24) is 15.1 Å². The topological polar surface area (TPSA) is 35.6 Å². The van der Waals surface area contributed by atoms with E-state index in [-0.39, 0.29) is 6.03 Å². The average Bonchev–Trinajstić information content (AvgIpc) is 2.47. The Morgan fingerprint density at radius 3 is 2.81 bits per heavy atom. The van der Waals surface area contributed by atoms with E-state index in [1.807, 2.05) is 36.2 Å². The van der Waals surface area contributed by atoms with Crippen LogP contribution >= 0.6 is 11.6 Å². The fourth-order valence-electron chi connectivity index (χ4n) is 2.68. The Balaban J connectivity index is 1.74. The molecule has 0 aromatic heterocycles. The van der Waals surface area contributed by atoms with E-state index in [1.165, 1.54) is 0 Å². The van der Waals surface area contributed by atoms with Crippen LogP contribution in [0.15, 0.2) is 24.3 Å². The summed E-state index contributed by atoms with van der Waals surface area (Å²) in [5, 5.41) is 3.73. The average molecular weight is 310 g/mol. The Bertz CT molecular complexity index is 472. The number of halogens is 1. The number of hydrogen-bond donors (Lipinski definition) is 1. The monoisotopic (exact) mass is 309 g/mol. The van der Waals surface area contributed by atoms with Crippen molar-refractivity contribution in [3.05, 3.63) is 34.9 Å². The van der Waals surface area contributed by atoms with E-state index in [0.717, 1.165) is 42.9 Å². The zero-order valence-electron chi connectivity index (χ0n) is 12.8. The molecule has 21 heavy (non-hydrogen) atoms. The fourth-order valence-corrected chi connectivity index (χ4v) is 2.89. The molecule has 4 nitrogen and oxygen atoms in total. The number of carbonyl (C=O) groups is 1. The fraction of sp³-hybridized carbons (Fsp3) is 0.562. The molecule has 1 heterocycles. The molecule has 1 fully saturated rings. The largest absolute Gasteiger partial charge is 0.338 e. The quantitative estimate of drug-likeness (QED) is 0.928. The first-order chi connectivity index (χ1) is 10.1. The lowest BCUT2D eigenvalue weighted by molar-refractivity contribution is 0.148. The van der Waals surface area contributed by atoms with Gasteiger partial charge in [0.1, 0.15) is 0 Å². The zero-order chi connectivity index (χ0) is 15.2. The summed E-state index contributed by atoms with van der Waals surface area (Å²) in [4.78, 5) is 16.3. The zero-order valence-corrected chi connectivity index (χ0v) is 13.6. The lowest BCUT2D eigenvalue weighted by atomic mass is 10.0. The first kappa shape index (κ1) is 16.1. The van der Waals surface area contributed by atoms with Gasteiger partial charge >= 0.3 is 6.03 Å². The Morgan fingerprint density at radius 2 is 2.14 bits per heavy atom. The van der Waals surface area contributed by atoms with Crippen LogP contribution in [-0.4, -0.2) is 55.6 Å². The second-order valence-electron chi connectivity index (χ2n) is 5.76. The van der Waals surface area contributed by atoms with Crippen LogP contribution in [0.4, 0.5) is 4.79 Å². The van der Waals surface area contributed by atoms with Crippen molar-refractivity contribution in [3.63, 3.8) is 0 Å². The molecular weight excluding hydrogens is 286 g/mol. The van der Waals surface area contributed by atoms with E-state index in [0.29, 0.717) is 12.6 Å². The SMILES string of the molecule is CN1CCC(N(C)C(=O)NCCc2cccc(Cl)c2)CC1. The number of nitrogens with one attached hydrogen (secondary N) is 1. The van der Waals surface area contributed by atoms with Gasteiger partial charge in [0.05, 0.1) is 0 Å². The maximum atomic E-state index is 12.2. The van der Waals surface area contributed by atoms with Gasteiger partial charge in [-0.05, 0) is 57.1 Å². The maximum Gasteiger partial charge on any atom is 0.317 e. The molecule has 0 spiro atoms. The highest BCUT2D eigenvalue weighted by Crippen LogP contribution is 2.14. The lowest BCUT2D eigenvalue weighted by Crippen LogP contribution is -2.48. The van der Waals surface area contributed by atoms with Crippen LogP contribution in [0.25, 0.3) is 0 Å². The minimum atomic E-state index is 0.0200. The number of likely N-dealkylation sites (tertiary alicyclic amines) is 1. The van der Waals surface area contributed by atoms with E-state index < -0.39 is 0 Å². The normalized spacial score (nSPS) is 16.7. The molecule has 2 amide bonds. The van der Waals surface area contributed by atoms with Crippen molar-refractivity contribution in [2.24, 2.45) is 0 Å². The number of rotatable bonds is 4. The minimum absolute atomic E-state index is 0.0200. The molecule has 0 unspecified atom stereocenters. The van der Waals surface area contributed by atoms with Gasteiger partial charge < -0.3 is 15.1 Å². The van der Waals surface area contributed by atoms with Gasteiger partial charge in [0, 0.05) is 24.7 Å². The standard InChI is InChI=1S/C16H24ClN3O/c1-19-10-7-15(8-11-19)20(2)16(21)18-9-6-13-4-3-5-14(17)12-13/h3-5,12,15H,6-11H2,1-2H3,(H,18,21). The predicted octanol–water partition coefficient (Wildman–Crippen LogP) is 2.62. The highest BCUT2D eigenvalue weighted by molar-refractivity contribution is 6.30. The van der Waals surface area contributed by atoms with Gasteiger partial charge in [-0.2, -0.15) is 0 Å². The Kier molecular flexibility index (Phi) is 5.88. The van der Waals surface area contributed by atoms with Crippen LogP contribution in [0, 0.1) is 0 Å². The summed E-state index contributed by atoms with van der Waals surface area (Å²) in [7, 11) is 4.02. The van der Waals surface area contributed by atoms with Gasteiger partial charge in [-0.25, -0.2) is 4.79 Å². The highest BCUT2D eigenvalue weighted by Gasteiger charge is 2.23. The van der Waals surface area contributed by atoms with Crippen molar-refractivity contribution < 1.29 is 4.79 Å². The maximum absolute atomic E-state index is 12.2. The molecule has 0 saturated carbocycles. The summed E-state index contributed by atoms with van der Waals surface area (Å²) in [6.45, 7) is 2.76. The number of urea groups is 1. The molecule has 1 aromatic carbocycles. The van der Waals surface area contributed by atoms with Crippen LogP contribution in [0.3, 0.4) is 0 Å². The first-order valence-corrected chi connectivity index (χ1v) is 7.87. The smallest absolute Gasteiger partial charge is 0.317 e. The molecule has 0 radical (unpaired) electrons. The molecule has 5 heteroatoms. The number of nitrogens with zero attached hydrogens (tertiary/aromatic N) is 2. The summed E-state index contributed by atoms with van der Waals surface area (Å²) >= 11 is 5.95. The summed E-state index contributed by atoms with van der Waals surface area (Å²) in [5.41, 5.74) is 1.14. The molecule has 0 aliphatic carbocycles. The Labute approximate surface area is 132 Å². The predicted molar refractivity (Wildman–Crippen MR) is 86.8 cm³/mol. The first-order valence-electron chi connectivity index (χ1n) is 7.50. The van der Waals surface area contributed by atoms with Crippen LogP contribution in [-0.2, 0) is 6.42 Å². The van der Waals surface area contributed by atoms with Gasteiger partial charge in [-0.15, -0.1) is 0 Å². The van der Waals surface area contributed by atoms with E-state index in [2.05, 4.69) is 17.3 Å². The summed E-state index contributed by atoms with van der Waals surface area (Å²) in [6.07, 6.45) is 2.90. The number of benzene rings is 1. The Hall–Kier alpha value is -1.26. The van der Waals surface area contributed by atoms with Crippen LogP contribution in [0.5, 0.6) is 0 Å². The second-order valence-corrected chi connectivity index (χ2v) is 6.19. The molecule has 1 aromatic rings. The molecule has 0 atom stereocenters. The van der Waals surface area contributed by atoms with Gasteiger partial charge in [0.15, 0.2) is 0 Å². The highest BCUT2D eigenvalue weighted by atomic mass is 35.5. The van der Waals surface area contributed by atoms with Crippen molar-refractivity contribution in [1.29, 1.82) is 0 Å². The second kappa shape index (κ2) is 7.66. The summed E-state index contributed by atoms with van der Waals surface area (Å²) < 4.78 is 0. The molecule has 0 bridgehead atoms. The third-order valence-corrected chi connectivity index (χ3v) is 4.37. The number of piperidine rings is 1. The lowest BCUT2D eigenvalue weighted by Gasteiger charge is -2.35. The third kappa shape index (κ3) is 4.90. The van der Waals surface area contributed by atoms with Crippen molar-refractivity contribution >= 4 is 17.6 Å². The Morgan fingerprint density at radius 1 is 1.43 bits per heavy atom. The molecule has 116 valence electrons. The van der Waals surface area contributed by atoms with Gasteiger partial charge in [0.2, 0.25) is 0 Å². The third-order valence-electron chi connectivity index (χ3n) is 4.14. The summed E-state index contributed by atoms with van der Waals surface area (Å²) in [6, 6.07) is 8.13. The number of amides is 2. The van der Waals surface area contributed by atoms with E-state index in [4.69, 9.17) is 11.6 Å². The van der Waals surface area contributed by atoms with Crippen LogP contribution in [0.1, 0.15) is 18.4 Å². The van der Waals surface area contributed by atoms with Gasteiger partial charge in [-0.1, -0.05) is 23.7 Å². The van der Waals surface area contributed by atoms with Crippen LogP contribution < -0.4 is 5.32 Å². The summed E-state index contributed by atoms with van der Waals surface area (Å²) in [5.74, 6) is 0. The van der Waals surface area contributed by atoms with E-state index in [9.17, 15) is 4.79 Å². The van der Waals surface area contributed by atoms with Crippen molar-refractivity contribution in [2.45, 2.75) is 25.3 Å². The van der Waals surface area contributed by atoms with Crippen molar-refractivity contribution in [2.75, 3.05) is 33.7 Å². The van der Waals surface area contributed by atoms with Gasteiger partial charge in [-0.3, -0.25) is 0 Å². The van der Waals surface area contributed by atoms with Gasteiger partial charge in [0.25, 0.3) is 0 Å². The molecule has 1 aliphatic heterocycles. The molecule has 2 rings (SSSR count). The molecule has 1 N–H and O–H groups in total. The molecule has 1 aliphatic rings. The minimum Gasteiger partial charge on any atom is -0.338 e. The van der Waals surface area contributed by atoms with Crippen LogP contribution in [0.2, 0.25) is 5.02 Å². The van der Waals surface area contributed by atoms with Crippen molar-refractivity contribution in [3.8, 4) is 0 Å².